The van der Waals surface area contributed by atoms with E-state index >= 15 is 0 Å². The average molecular weight is 543 g/mol. The minimum atomic E-state index is -2.87. The van der Waals surface area contributed by atoms with Crippen LogP contribution in [0.25, 0.3) is 21.3 Å². The fourth-order valence-electron chi connectivity index (χ4n) is 4.21. The third kappa shape index (κ3) is 4.60. The molecule has 13 heteroatoms. The Morgan fingerprint density at radius 3 is 2.63 bits per heavy atom. The van der Waals surface area contributed by atoms with Crippen molar-refractivity contribution >= 4 is 44.8 Å². The van der Waals surface area contributed by atoms with Crippen molar-refractivity contribution < 1.29 is 27.6 Å². The maximum Gasteiger partial charge on any atom is 0.280 e. The summed E-state index contributed by atoms with van der Waals surface area (Å²) in [6.07, 6.45) is -2.12. The first-order valence-electron chi connectivity index (χ1n) is 11.6. The Balaban J connectivity index is 1.56. The van der Waals surface area contributed by atoms with Gasteiger partial charge in [0.15, 0.2) is 0 Å². The molecule has 4 aromatic rings. The van der Waals surface area contributed by atoms with Crippen LogP contribution in [0.3, 0.4) is 0 Å². The number of hydrogen-bond acceptors (Lipinski definition) is 7. The van der Waals surface area contributed by atoms with Gasteiger partial charge in [-0.15, -0.1) is 11.3 Å². The molecule has 0 spiro atoms. The monoisotopic (exact) mass is 542 g/mol. The zero-order chi connectivity index (χ0) is 27.1. The summed E-state index contributed by atoms with van der Waals surface area (Å²) in [5.41, 5.74) is 7.65. The number of rotatable bonds is 7. The van der Waals surface area contributed by atoms with Crippen LogP contribution in [-0.2, 0) is 16.2 Å². The number of halogens is 3. The molecule has 1 aromatic carbocycles. The Kier molecular flexibility index (Phi) is 6.61. The minimum absolute atomic E-state index is 0.0493. The number of nitrogens with one attached hydrogen (secondary N) is 1. The number of fused-ring (bicyclic) bond motifs is 1. The van der Waals surface area contributed by atoms with Crippen molar-refractivity contribution in [1.29, 1.82) is 0 Å². The molecule has 1 aliphatic rings. The number of nitrogens with two attached hydrogens (primary N) is 1. The van der Waals surface area contributed by atoms with Crippen LogP contribution in [0.5, 0.6) is 0 Å². The van der Waals surface area contributed by atoms with E-state index in [2.05, 4.69) is 20.6 Å². The van der Waals surface area contributed by atoms with Gasteiger partial charge in [-0.05, 0) is 43.2 Å². The second kappa shape index (κ2) is 9.89. The summed E-state index contributed by atoms with van der Waals surface area (Å²) in [5.74, 6) is -1.90. The van der Waals surface area contributed by atoms with Gasteiger partial charge in [0.25, 0.3) is 18.2 Å². The number of alkyl halides is 2. The van der Waals surface area contributed by atoms with E-state index in [0.29, 0.717) is 34.6 Å². The van der Waals surface area contributed by atoms with Gasteiger partial charge < -0.3 is 15.9 Å². The molecule has 1 aliphatic heterocycles. The number of benzene rings is 1. The van der Waals surface area contributed by atoms with Gasteiger partial charge in [-0.25, -0.2) is 18.2 Å². The van der Waals surface area contributed by atoms with Crippen molar-refractivity contribution in [3.05, 3.63) is 64.2 Å². The summed E-state index contributed by atoms with van der Waals surface area (Å²) in [7, 11) is 0. The minimum Gasteiger partial charge on any atom is -0.382 e. The summed E-state index contributed by atoms with van der Waals surface area (Å²) in [4.78, 5) is 35.0. The molecular formula is C25H21F3N6O3S. The number of nitrogens with zero attached hydrogens (tertiary/aromatic N) is 4. The van der Waals surface area contributed by atoms with Crippen LogP contribution in [0.2, 0.25) is 0 Å². The van der Waals surface area contributed by atoms with Crippen molar-refractivity contribution in [3.8, 4) is 11.1 Å². The SMILES string of the molecule is CCn1cc(-c2cc(C(F)F)nc3sc(C(N)=O)c(NC(=O)C4CC(c5ccc(F)cc5)=NO4)c23)c(C)n1. The van der Waals surface area contributed by atoms with Crippen LogP contribution in [0.4, 0.5) is 18.9 Å². The maximum atomic E-state index is 13.8. The number of aryl methyl sites for hydroxylation is 2. The number of anilines is 1. The Morgan fingerprint density at radius 2 is 2.00 bits per heavy atom. The Hall–Kier alpha value is -4.26. The van der Waals surface area contributed by atoms with Gasteiger partial charge in [0.2, 0.25) is 6.10 Å². The second-order valence-electron chi connectivity index (χ2n) is 8.56. The molecule has 9 nitrogen and oxygen atoms in total. The van der Waals surface area contributed by atoms with Crippen molar-refractivity contribution in [1.82, 2.24) is 14.8 Å². The number of thiophene rings is 1. The predicted octanol–water partition coefficient (Wildman–Crippen LogP) is 4.80. The van der Waals surface area contributed by atoms with Crippen molar-refractivity contribution in [2.75, 3.05) is 5.32 Å². The highest BCUT2D eigenvalue weighted by Crippen LogP contribution is 2.43. The zero-order valence-electron chi connectivity index (χ0n) is 20.2. The summed E-state index contributed by atoms with van der Waals surface area (Å²) in [6.45, 7) is 4.16. The average Bonchev–Trinajstić information content (AvgIpc) is 3.61. The lowest BCUT2D eigenvalue weighted by molar-refractivity contribution is -0.125. The van der Waals surface area contributed by atoms with Gasteiger partial charge in [0.1, 0.15) is 21.2 Å². The molecule has 5 rings (SSSR count). The molecule has 2 amide bonds. The van der Waals surface area contributed by atoms with Crippen LogP contribution in [0, 0.1) is 12.7 Å². The van der Waals surface area contributed by atoms with E-state index in [9.17, 15) is 22.8 Å². The van der Waals surface area contributed by atoms with E-state index in [1.165, 1.54) is 30.3 Å². The van der Waals surface area contributed by atoms with E-state index in [0.717, 1.165) is 11.3 Å². The number of aromatic nitrogens is 3. The molecule has 4 heterocycles. The summed E-state index contributed by atoms with van der Waals surface area (Å²) < 4.78 is 42.4. The maximum absolute atomic E-state index is 13.8. The smallest absolute Gasteiger partial charge is 0.280 e. The third-order valence-electron chi connectivity index (χ3n) is 6.08. The van der Waals surface area contributed by atoms with E-state index in [4.69, 9.17) is 10.6 Å². The quantitative estimate of drug-likeness (QED) is 0.347. The molecule has 3 N–H and O–H groups in total. The summed E-state index contributed by atoms with van der Waals surface area (Å²) >= 11 is 0.808. The van der Waals surface area contributed by atoms with Crippen LogP contribution < -0.4 is 11.1 Å². The van der Waals surface area contributed by atoms with Crippen molar-refractivity contribution in [2.24, 2.45) is 10.9 Å². The lowest BCUT2D eigenvalue weighted by Gasteiger charge is -2.12. The number of primary amides is 1. The van der Waals surface area contributed by atoms with Crippen LogP contribution in [-0.4, -0.2) is 38.4 Å². The molecule has 1 unspecified atom stereocenters. The topological polar surface area (TPSA) is 124 Å². The number of hydrogen-bond donors (Lipinski definition) is 2. The molecule has 3 aromatic heterocycles. The van der Waals surface area contributed by atoms with E-state index in [1.54, 1.807) is 17.8 Å². The predicted molar refractivity (Wildman–Crippen MR) is 136 cm³/mol. The molecule has 0 saturated heterocycles. The molecule has 38 heavy (non-hydrogen) atoms. The number of pyridine rings is 1. The second-order valence-corrected chi connectivity index (χ2v) is 9.56. The molecule has 1 atom stereocenters. The van der Waals surface area contributed by atoms with Gasteiger partial charge >= 0.3 is 0 Å². The van der Waals surface area contributed by atoms with Crippen LogP contribution in [0.1, 0.15) is 46.4 Å². The molecule has 0 fully saturated rings. The summed E-state index contributed by atoms with van der Waals surface area (Å²) in [5, 5.41) is 11.3. The molecule has 0 saturated carbocycles. The first-order chi connectivity index (χ1) is 18.2. The van der Waals surface area contributed by atoms with Crippen LogP contribution >= 0.6 is 11.3 Å². The largest absolute Gasteiger partial charge is 0.382 e. The highest BCUT2D eigenvalue weighted by atomic mass is 32.1. The van der Waals surface area contributed by atoms with Gasteiger partial charge in [-0.3, -0.25) is 14.3 Å². The van der Waals surface area contributed by atoms with E-state index in [-0.39, 0.29) is 27.2 Å². The van der Waals surface area contributed by atoms with Gasteiger partial charge in [-0.1, -0.05) is 17.3 Å². The Bertz CT molecular complexity index is 1600. The number of amides is 2. The van der Waals surface area contributed by atoms with Crippen molar-refractivity contribution in [3.63, 3.8) is 0 Å². The molecule has 0 bridgehead atoms. The lowest BCUT2D eigenvalue weighted by atomic mass is 10.0. The van der Waals surface area contributed by atoms with Gasteiger partial charge in [-0.2, -0.15) is 5.10 Å². The molecule has 0 aliphatic carbocycles. The zero-order valence-corrected chi connectivity index (χ0v) is 21.0. The van der Waals surface area contributed by atoms with Gasteiger partial charge in [0, 0.05) is 30.1 Å². The number of oxime groups is 1. The first-order valence-corrected chi connectivity index (χ1v) is 12.4. The Labute approximate surface area is 218 Å². The number of carbonyl (C=O) groups is 2. The highest BCUT2D eigenvalue weighted by Gasteiger charge is 2.32. The standard InChI is InChI=1S/C25H21F3N6O3S/c1-3-34-10-15(11(2)32-34)14-8-17(22(27)28)30-25-19(14)20(21(38-25)23(29)35)31-24(36)18-9-16(33-37-18)12-4-6-13(26)7-5-12/h4-8,10,18,22H,3,9H2,1-2H3,(H2,29,35)(H,31,36). The van der Waals surface area contributed by atoms with Gasteiger partial charge in [0.05, 0.1) is 17.1 Å². The van der Waals surface area contributed by atoms with Crippen LogP contribution in [0.15, 0.2) is 41.7 Å². The third-order valence-corrected chi connectivity index (χ3v) is 7.17. The highest BCUT2D eigenvalue weighted by molar-refractivity contribution is 7.21. The molecule has 0 radical (unpaired) electrons. The van der Waals surface area contributed by atoms with E-state index in [1.807, 2.05) is 6.92 Å². The first kappa shape index (κ1) is 25.4. The fourth-order valence-corrected chi connectivity index (χ4v) is 5.23. The molecular weight excluding hydrogens is 521 g/mol. The number of carbonyl (C=O) groups excluding carboxylic acids is 2. The normalized spacial score (nSPS) is 15.1. The fraction of sp³-hybridized carbons (Fsp3) is 0.240. The lowest BCUT2D eigenvalue weighted by Crippen LogP contribution is -2.29. The van der Waals surface area contributed by atoms with E-state index < -0.39 is 35.9 Å². The van der Waals surface area contributed by atoms with Crippen molar-refractivity contribution in [2.45, 2.75) is 39.3 Å². The molecule has 196 valence electrons. The summed E-state index contributed by atoms with van der Waals surface area (Å²) in [6, 6.07) is 6.81. The Morgan fingerprint density at radius 1 is 1.26 bits per heavy atom.